The topological polar surface area (TPSA) is 36.5 Å². The van der Waals surface area contributed by atoms with Crippen molar-refractivity contribution in [1.82, 2.24) is 10.2 Å². The molecular weight excluding hydrogens is 399 g/mol. The van der Waals surface area contributed by atoms with E-state index in [0.29, 0.717) is 17.3 Å². The molecule has 29 heavy (non-hydrogen) atoms. The Labute approximate surface area is 174 Å². The Morgan fingerprint density at radius 2 is 1.55 bits per heavy atom. The lowest BCUT2D eigenvalue weighted by atomic mass is 10.1. The second-order valence-electron chi connectivity index (χ2n) is 7.03. The molecule has 156 valence electrons. The number of piperidine rings is 1. The van der Waals surface area contributed by atoms with Gasteiger partial charge < -0.3 is 15.4 Å². The van der Waals surface area contributed by atoms with E-state index in [9.17, 15) is 13.2 Å². The summed E-state index contributed by atoms with van der Waals surface area (Å²) in [5.74, 6) is -0.272. The molecule has 0 atom stereocenters. The molecule has 1 aliphatic rings. The monoisotopic (exact) mass is 423 g/mol. The number of anilines is 1. The first-order valence-corrected chi connectivity index (χ1v) is 9.99. The molecule has 1 fully saturated rings. The van der Waals surface area contributed by atoms with Gasteiger partial charge in [-0.1, -0.05) is 30.7 Å². The molecule has 0 aromatic heterocycles. The van der Waals surface area contributed by atoms with Crippen LogP contribution in [0.2, 0.25) is 0 Å². The zero-order chi connectivity index (χ0) is 20.7. The minimum absolute atomic E-state index is 0.272. The van der Waals surface area contributed by atoms with Crippen LogP contribution in [0.4, 0.5) is 18.9 Å². The van der Waals surface area contributed by atoms with E-state index in [1.54, 1.807) is 0 Å². The fraction of sp³-hybridized carbons (Fsp3) is 0.381. The molecule has 0 aliphatic carbocycles. The summed E-state index contributed by atoms with van der Waals surface area (Å²) < 4.78 is 40.4. The van der Waals surface area contributed by atoms with Gasteiger partial charge in [-0.2, -0.15) is 0 Å². The number of halogens is 3. The SMILES string of the molecule is FC(F)(F)Oc1ccc(NC(=S)NCc2ccc(CN3CCCCC3)cc2)cc1. The summed E-state index contributed by atoms with van der Waals surface area (Å²) in [6, 6.07) is 13.9. The largest absolute Gasteiger partial charge is 0.573 e. The van der Waals surface area contributed by atoms with Crippen molar-refractivity contribution in [2.24, 2.45) is 0 Å². The van der Waals surface area contributed by atoms with E-state index < -0.39 is 6.36 Å². The van der Waals surface area contributed by atoms with Gasteiger partial charge in [0.1, 0.15) is 5.75 Å². The molecule has 0 unspecified atom stereocenters. The Balaban J connectivity index is 1.43. The van der Waals surface area contributed by atoms with E-state index in [4.69, 9.17) is 12.2 Å². The van der Waals surface area contributed by atoms with E-state index in [2.05, 4.69) is 44.5 Å². The van der Waals surface area contributed by atoms with Gasteiger partial charge in [0.15, 0.2) is 5.11 Å². The lowest BCUT2D eigenvalue weighted by Crippen LogP contribution is -2.29. The van der Waals surface area contributed by atoms with Crippen LogP contribution in [0, 0.1) is 0 Å². The molecular formula is C21H24F3N3OS. The summed E-state index contributed by atoms with van der Waals surface area (Å²) >= 11 is 5.25. The summed E-state index contributed by atoms with van der Waals surface area (Å²) in [5.41, 5.74) is 2.98. The van der Waals surface area contributed by atoms with Gasteiger partial charge in [0.25, 0.3) is 0 Å². The minimum Gasteiger partial charge on any atom is -0.406 e. The number of rotatable bonds is 6. The highest BCUT2D eigenvalue weighted by molar-refractivity contribution is 7.80. The van der Waals surface area contributed by atoms with E-state index in [1.807, 2.05) is 0 Å². The van der Waals surface area contributed by atoms with Gasteiger partial charge in [-0.05, 0) is 73.5 Å². The highest BCUT2D eigenvalue weighted by atomic mass is 32.1. The fourth-order valence-corrected chi connectivity index (χ4v) is 3.43. The van der Waals surface area contributed by atoms with E-state index in [-0.39, 0.29) is 5.75 Å². The zero-order valence-corrected chi connectivity index (χ0v) is 16.8. The first-order valence-electron chi connectivity index (χ1n) is 9.58. The summed E-state index contributed by atoms with van der Waals surface area (Å²) in [6.45, 7) is 3.89. The summed E-state index contributed by atoms with van der Waals surface area (Å²) in [7, 11) is 0. The molecule has 2 aromatic rings. The van der Waals surface area contributed by atoms with Crippen molar-refractivity contribution in [1.29, 1.82) is 0 Å². The van der Waals surface area contributed by atoms with Gasteiger partial charge in [-0.3, -0.25) is 4.90 Å². The molecule has 0 spiro atoms. The zero-order valence-electron chi connectivity index (χ0n) is 16.0. The molecule has 0 saturated carbocycles. The number of nitrogens with zero attached hydrogens (tertiary/aromatic N) is 1. The molecule has 0 radical (unpaired) electrons. The maximum absolute atomic E-state index is 12.2. The third-order valence-corrected chi connectivity index (χ3v) is 4.92. The number of hydrogen-bond acceptors (Lipinski definition) is 3. The number of likely N-dealkylation sites (tertiary alicyclic amines) is 1. The fourth-order valence-electron chi connectivity index (χ4n) is 3.24. The molecule has 2 aromatic carbocycles. The smallest absolute Gasteiger partial charge is 0.406 e. The van der Waals surface area contributed by atoms with Crippen molar-refractivity contribution in [3.8, 4) is 5.75 Å². The van der Waals surface area contributed by atoms with Gasteiger partial charge in [0.05, 0.1) is 0 Å². The Morgan fingerprint density at radius 1 is 0.931 bits per heavy atom. The summed E-state index contributed by atoms with van der Waals surface area (Å²) in [6.07, 6.45) is -0.801. The molecule has 1 aliphatic heterocycles. The average Bonchev–Trinajstić information content (AvgIpc) is 2.69. The van der Waals surface area contributed by atoms with Crippen LogP contribution in [0.1, 0.15) is 30.4 Å². The number of ether oxygens (including phenoxy) is 1. The van der Waals surface area contributed by atoms with Crippen LogP contribution in [0.5, 0.6) is 5.75 Å². The summed E-state index contributed by atoms with van der Waals surface area (Å²) in [4.78, 5) is 2.49. The molecule has 2 N–H and O–H groups in total. The van der Waals surface area contributed by atoms with Crippen molar-refractivity contribution in [3.63, 3.8) is 0 Å². The van der Waals surface area contributed by atoms with Crippen LogP contribution in [-0.4, -0.2) is 29.5 Å². The quantitative estimate of drug-likeness (QED) is 0.636. The molecule has 0 amide bonds. The van der Waals surface area contributed by atoms with Gasteiger partial charge in [0, 0.05) is 18.8 Å². The van der Waals surface area contributed by atoms with Crippen LogP contribution >= 0.6 is 12.2 Å². The van der Waals surface area contributed by atoms with Gasteiger partial charge in [0.2, 0.25) is 0 Å². The molecule has 3 rings (SSSR count). The second-order valence-corrected chi connectivity index (χ2v) is 7.44. The van der Waals surface area contributed by atoms with Crippen LogP contribution in [-0.2, 0) is 13.1 Å². The van der Waals surface area contributed by atoms with Crippen LogP contribution < -0.4 is 15.4 Å². The lowest BCUT2D eigenvalue weighted by molar-refractivity contribution is -0.274. The summed E-state index contributed by atoms with van der Waals surface area (Å²) in [5, 5.41) is 6.44. The number of benzene rings is 2. The molecule has 0 bridgehead atoms. The Hall–Kier alpha value is -2.32. The number of thiocarbonyl (C=S) groups is 1. The third-order valence-electron chi connectivity index (χ3n) is 4.68. The van der Waals surface area contributed by atoms with E-state index in [1.165, 1.54) is 62.2 Å². The molecule has 8 heteroatoms. The molecule has 1 saturated heterocycles. The van der Waals surface area contributed by atoms with Gasteiger partial charge in [-0.25, -0.2) is 0 Å². The van der Waals surface area contributed by atoms with Crippen LogP contribution in [0.3, 0.4) is 0 Å². The molecule has 4 nitrogen and oxygen atoms in total. The van der Waals surface area contributed by atoms with Gasteiger partial charge in [-0.15, -0.1) is 13.2 Å². The van der Waals surface area contributed by atoms with Crippen molar-refractivity contribution in [2.75, 3.05) is 18.4 Å². The third kappa shape index (κ3) is 7.55. The minimum atomic E-state index is -4.70. The highest BCUT2D eigenvalue weighted by Gasteiger charge is 2.30. The van der Waals surface area contributed by atoms with E-state index in [0.717, 1.165) is 12.1 Å². The Kier molecular flexibility index (Phi) is 7.33. The second kappa shape index (κ2) is 9.93. The first-order chi connectivity index (χ1) is 13.9. The number of nitrogens with one attached hydrogen (secondary N) is 2. The average molecular weight is 424 g/mol. The van der Waals surface area contributed by atoms with E-state index >= 15 is 0 Å². The van der Waals surface area contributed by atoms with Crippen molar-refractivity contribution >= 4 is 23.0 Å². The normalized spacial score (nSPS) is 15.0. The maximum Gasteiger partial charge on any atom is 0.573 e. The number of hydrogen-bond donors (Lipinski definition) is 2. The lowest BCUT2D eigenvalue weighted by Gasteiger charge is -2.26. The maximum atomic E-state index is 12.2. The van der Waals surface area contributed by atoms with Gasteiger partial charge >= 0.3 is 6.36 Å². The molecule has 1 heterocycles. The van der Waals surface area contributed by atoms with Crippen molar-refractivity contribution in [3.05, 3.63) is 59.7 Å². The van der Waals surface area contributed by atoms with Crippen LogP contribution in [0.15, 0.2) is 48.5 Å². The Morgan fingerprint density at radius 3 is 2.17 bits per heavy atom. The van der Waals surface area contributed by atoms with Crippen molar-refractivity contribution < 1.29 is 17.9 Å². The standard InChI is InChI=1S/C21H24F3N3OS/c22-21(23,24)28-19-10-8-18(9-11-19)26-20(29)25-14-16-4-6-17(7-5-16)15-27-12-2-1-3-13-27/h4-11H,1-3,12-15H2,(H2,25,26,29). The first kappa shape index (κ1) is 21.4. The van der Waals surface area contributed by atoms with Crippen LogP contribution in [0.25, 0.3) is 0 Å². The predicted octanol–water partition coefficient (Wildman–Crippen LogP) is 5.06. The van der Waals surface area contributed by atoms with Crippen molar-refractivity contribution in [2.45, 2.75) is 38.7 Å². The number of alkyl halides is 3. The Bertz CT molecular complexity index is 788. The highest BCUT2D eigenvalue weighted by Crippen LogP contribution is 2.24. The predicted molar refractivity (Wildman–Crippen MR) is 112 cm³/mol.